The molecule has 0 bridgehead atoms. The van der Waals surface area contributed by atoms with E-state index in [4.69, 9.17) is 0 Å². The van der Waals surface area contributed by atoms with Gasteiger partial charge in [0.1, 0.15) is 6.04 Å². The fourth-order valence-electron chi connectivity index (χ4n) is 3.73. The van der Waals surface area contributed by atoms with Gasteiger partial charge >= 0.3 is 0 Å². The summed E-state index contributed by atoms with van der Waals surface area (Å²) in [6, 6.07) is 10.9. The highest BCUT2D eigenvalue weighted by Crippen LogP contribution is 2.25. The molecule has 0 radical (unpaired) electrons. The molecule has 2 aromatic carbocycles. The Balaban J connectivity index is 1.73. The number of benzene rings is 2. The fraction of sp³-hybridized carbons (Fsp3) is 0.435. The Morgan fingerprint density at radius 1 is 1.00 bits per heavy atom. The lowest BCUT2D eigenvalue weighted by Crippen LogP contribution is -2.52. The summed E-state index contributed by atoms with van der Waals surface area (Å²) in [7, 11) is -3.95. The van der Waals surface area contributed by atoms with E-state index in [1.807, 2.05) is 19.9 Å². The molecule has 0 aromatic heterocycles. The highest BCUT2D eigenvalue weighted by molar-refractivity contribution is 7.89. The van der Waals surface area contributed by atoms with Crippen LogP contribution in [0.25, 0.3) is 0 Å². The average Bonchev–Trinajstić information content (AvgIpc) is 2.71. The lowest BCUT2D eigenvalue weighted by molar-refractivity contribution is -0.125. The monoisotopic (exact) mass is 430 g/mol. The lowest BCUT2D eigenvalue weighted by Gasteiger charge is -2.24. The Kier molecular flexibility index (Phi) is 6.95. The molecule has 1 aliphatic rings. The first kappa shape index (κ1) is 22.5. The second kappa shape index (κ2) is 9.29. The largest absolute Gasteiger partial charge is 0.391 e. The van der Waals surface area contributed by atoms with Crippen LogP contribution in [0, 0.1) is 6.92 Å². The minimum Gasteiger partial charge on any atom is -0.391 e. The number of amides is 1. The molecule has 0 fully saturated rings. The molecule has 0 saturated carbocycles. The van der Waals surface area contributed by atoms with E-state index in [2.05, 4.69) is 22.2 Å². The van der Waals surface area contributed by atoms with Crippen molar-refractivity contribution in [2.24, 2.45) is 0 Å². The Hall–Kier alpha value is -2.22. The van der Waals surface area contributed by atoms with Gasteiger partial charge in [0.05, 0.1) is 17.0 Å². The van der Waals surface area contributed by atoms with Crippen LogP contribution in [0.4, 0.5) is 0 Å². The van der Waals surface area contributed by atoms with Crippen LogP contribution < -0.4 is 10.0 Å². The molecule has 2 aromatic rings. The molecule has 30 heavy (non-hydrogen) atoms. The summed E-state index contributed by atoms with van der Waals surface area (Å²) < 4.78 is 27.7. The second-order valence-corrected chi connectivity index (χ2v) is 9.83. The van der Waals surface area contributed by atoms with Crippen LogP contribution in [-0.2, 0) is 27.7 Å². The number of sulfonamides is 1. The summed E-state index contributed by atoms with van der Waals surface area (Å²) in [5, 5.41) is 12.9. The summed E-state index contributed by atoms with van der Waals surface area (Å²) in [4.78, 5) is 12.9. The molecule has 0 heterocycles. The average molecular weight is 431 g/mol. The van der Waals surface area contributed by atoms with E-state index < -0.39 is 28.1 Å². The molecule has 3 atom stereocenters. The lowest BCUT2D eigenvalue weighted by atomic mass is 9.89. The van der Waals surface area contributed by atoms with Crippen LogP contribution in [0.2, 0.25) is 0 Å². The zero-order chi connectivity index (χ0) is 21.9. The molecule has 3 rings (SSSR count). The molecular formula is C23H30N2O4S. The Bertz CT molecular complexity index is 1000. The number of rotatable bonds is 7. The van der Waals surface area contributed by atoms with E-state index >= 15 is 0 Å². The number of nitrogens with one attached hydrogen (secondary N) is 2. The Morgan fingerprint density at radius 2 is 1.63 bits per heavy atom. The van der Waals surface area contributed by atoms with Crippen LogP contribution in [0.3, 0.4) is 0 Å². The van der Waals surface area contributed by atoms with Gasteiger partial charge < -0.3 is 10.4 Å². The van der Waals surface area contributed by atoms with E-state index in [1.165, 1.54) is 43.0 Å². The van der Waals surface area contributed by atoms with Crippen LogP contribution in [0.1, 0.15) is 55.0 Å². The first-order valence-corrected chi connectivity index (χ1v) is 11.8. The standard InChI is InChI=1S/C23H30N2O4S/c1-15-8-12-21(13-9-15)30(28,29)25-22(17(3)26)23(27)24-16(2)19-11-10-18-6-4-5-7-20(18)14-19/h8-14,16-17,22,25-26H,4-7H2,1-3H3,(H,24,27). The molecule has 6 nitrogen and oxygen atoms in total. The maximum absolute atomic E-state index is 12.8. The number of carbonyl (C=O) groups excluding carboxylic acids is 1. The molecule has 1 amide bonds. The molecule has 0 spiro atoms. The topological polar surface area (TPSA) is 95.5 Å². The van der Waals surface area contributed by atoms with Gasteiger partial charge in [0, 0.05) is 0 Å². The van der Waals surface area contributed by atoms with Crippen LogP contribution >= 0.6 is 0 Å². The van der Waals surface area contributed by atoms with Crippen molar-refractivity contribution in [2.45, 2.75) is 69.5 Å². The SMILES string of the molecule is Cc1ccc(S(=O)(=O)NC(C(=O)NC(C)c2ccc3c(c2)CCCC3)C(C)O)cc1. The molecule has 1 aliphatic carbocycles. The van der Waals surface area contributed by atoms with Gasteiger partial charge in [-0.3, -0.25) is 4.79 Å². The van der Waals surface area contributed by atoms with E-state index in [0.717, 1.165) is 24.0 Å². The zero-order valence-corrected chi connectivity index (χ0v) is 18.5. The van der Waals surface area contributed by atoms with E-state index in [9.17, 15) is 18.3 Å². The maximum atomic E-state index is 12.8. The van der Waals surface area contributed by atoms with Crippen molar-refractivity contribution in [3.63, 3.8) is 0 Å². The van der Waals surface area contributed by atoms with E-state index in [1.54, 1.807) is 12.1 Å². The van der Waals surface area contributed by atoms with Crippen molar-refractivity contribution >= 4 is 15.9 Å². The van der Waals surface area contributed by atoms with Gasteiger partial charge in [-0.1, -0.05) is 35.9 Å². The molecule has 3 N–H and O–H groups in total. The first-order chi connectivity index (χ1) is 14.2. The smallest absolute Gasteiger partial charge is 0.241 e. The van der Waals surface area contributed by atoms with Crippen LogP contribution in [0.5, 0.6) is 0 Å². The molecular weight excluding hydrogens is 400 g/mol. The first-order valence-electron chi connectivity index (χ1n) is 10.4. The van der Waals surface area contributed by atoms with Gasteiger partial charge in [0.2, 0.25) is 15.9 Å². The Morgan fingerprint density at radius 3 is 2.27 bits per heavy atom. The van der Waals surface area contributed by atoms with Gasteiger partial charge in [0.25, 0.3) is 0 Å². The predicted molar refractivity (Wildman–Crippen MR) is 117 cm³/mol. The zero-order valence-electron chi connectivity index (χ0n) is 17.7. The van der Waals surface area contributed by atoms with Gasteiger partial charge in [-0.25, -0.2) is 8.42 Å². The minimum absolute atomic E-state index is 0.0503. The normalized spacial score (nSPS) is 16.9. The summed E-state index contributed by atoms with van der Waals surface area (Å²) in [5.74, 6) is -0.564. The third-order valence-electron chi connectivity index (χ3n) is 5.61. The van der Waals surface area contributed by atoms with Crippen molar-refractivity contribution in [3.05, 3.63) is 64.7 Å². The number of hydrogen-bond donors (Lipinski definition) is 3. The van der Waals surface area contributed by atoms with Crippen molar-refractivity contribution < 1.29 is 18.3 Å². The van der Waals surface area contributed by atoms with Gasteiger partial charge in [0.15, 0.2) is 0 Å². The van der Waals surface area contributed by atoms with Crippen molar-refractivity contribution in [2.75, 3.05) is 0 Å². The van der Waals surface area contributed by atoms with Crippen LogP contribution in [0.15, 0.2) is 47.4 Å². The number of aryl methyl sites for hydroxylation is 3. The molecule has 7 heteroatoms. The van der Waals surface area contributed by atoms with Crippen LogP contribution in [-0.4, -0.2) is 31.6 Å². The van der Waals surface area contributed by atoms with Crippen molar-refractivity contribution in [1.82, 2.24) is 10.0 Å². The number of carbonyl (C=O) groups is 1. The number of aliphatic hydroxyl groups is 1. The number of fused-ring (bicyclic) bond motifs is 1. The highest BCUT2D eigenvalue weighted by atomic mass is 32.2. The predicted octanol–water partition coefficient (Wildman–Crippen LogP) is 2.78. The summed E-state index contributed by atoms with van der Waals surface area (Å²) in [6.45, 7) is 5.11. The Labute approximate surface area is 178 Å². The summed E-state index contributed by atoms with van der Waals surface area (Å²) in [6.07, 6.45) is 3.30. The van der Waals surface area contributed by atoms with E-state index in [0.29, 0.717) is 0 Å². The van der Waals surface area contributed by atoms with Gasteiger partial charge in [-0.05, 0) is 75.3 Å². The molecule has 0 saturated heterocycles. The number of aliphatic hydroxyl groups excluding tert-OH is 1. The molecule has 3 unspecified atom stereocenters. The summed E-state index contributed by atoms with van der Waals surface area (Å²) in [5.41, 5.74) is 4.57. The number of hydrogen-bond acceptors (Lipinski definition) is 4. The second-order valence-electron chi connectivity index (χ2n) is 8.12. The third kappa shape index (κ3) is 5.28. The van der Waals surface area contributed by atoms with Gasteiger partial charge in [-0.15, -0.1) is 0 Å². The quantitative estimate of drug-likeness (QED) is 0.629. The fourth-order valence-corrected chi connectivity index (χ4v) is 5.00. The summed E-state index contributed by atoms with van der Waals surface area (Å²) >= 11 is 0. The van der Waals surface area contributed by atoms with E-state index in [-0.39, 0.29) is 10.9 Å². The van der Waals surface area contributed by atoms with Gasteiger partial charge in [-0.2, -0.15) is 4.72 Å². The van der Waals surface area contributed by atoms with Crippen molar-refractivity contribution in [3.8, 4) is 0 Å². The van der Waals surface area contributed by atoms with Crippen molar-refractivity contribution in [1.29, 1.82) is 0 Å². The third-order valence-corrected chi connectivity index (χ3v) is 7.07. The molecule has 0 aliphatic heterocycles. The molecule has 162 valence electrons. The minimum atomic E-state index is -3.95. The highest BCUT2D eigenvalue weighted by Gasteiger charge is 2.30. The maximum Gasteiger partial charge on any atom is 0.241 e.